The van der Waals surface area contributed by atoms with Gasteiger partial charge in [-0.15, -0.1) is 0 Å². The summed E-state index contributed by atoms with van der Waals surface area (Å²) in [7, 11) is 0. The quantitative estimate of drug-likeness (QED) is 0.196. The molecule has 1 N–H and O–H groups in total. The zero-order valence-electron chi connectivity index (χ0n) is 24.1. The van der Waals surface area contributed by atoms with E-state index in [-0.39, 0.29) is 12.4 Å². The van der Waals surface area contributed by atoms with Crippen molar-refractivity contribution >= 4 is 45.4 Å². The smallest absolute Gasteiger partial charge is 0.416 e. The van der Waals surface area contributed by atoms with E-state index in [4.69, 9.17) is 9.26 Å². The van der Waals surface area contributed by atoms with Crippen LogP contribution in [-0.4, -0.2) is 49.7 Å². The number of fused-ring (bicyclic) bond motifs is 2. The third kappa shape index (κ3) is 5.03. The molecule has 8 nitrogen and oxygen atoms in total. The molecule has 2 aliphatic rings. The van der Waals surface area contributed by atoms with Gasteiger partial charge in [-0.3, -0.25) is 4.79 Å². The van der Waals surface area contributed by atoms with Crippen LogP contribution in [0.3, 0.4) is 0 Å². The van der Waals surface area contributed by atoms with E-state index in [1.54, 1.807) is 49.4 Å². The molecule has 1 saturated heterocycles. The molecule has 1 aliphatic heterocycles. The Kier molecular flexibility index (Phi) is 6.95. The molecule has 1 aromatic heterocycles. The number of piperazine rings is 1. The van der Waals surface area contributed by atoms with Gasteiger partial charge in [0.25, 0.3) is 0 Å². The molecular weight excluding hydrogens is 585 g/mol. The number of hydrogen-bond acceptors (Lipinski definition) is 8. The highest BCUT2D eigenvalue weighted by Crippen LogP contribution is 2.46. The lowest BCUT2D eigenvalue weighted by molar-refractivity contribution is -0.137. The van der Waals surface area contributed by atoms with Gasteiger partial charge in [0.05, 0.1) is 40.1 Å². The van der Waals surface area contributed by atoms with E-state index in [9.17, 15) is 22.8 Å². The molecule has 0 radical (unpaired) electrons. The fourth-order valence-corrected chi connectivity index (χ4v) is 6.06. The van der Waals surface area contributed by atoms with Crippen LogP contribution in [0, 0.1) is 0 Å². The number of nitrogens with zero attached hydrogens (tertiary/aromatic N) is 3. The summed E-state index contributed by atoms with van der Waals surface area (Å²) in [5, 5.41) is 8.37. The standard InChI is InChI=1S/C34H27F3N4O4/c1-2-44-33(43)20-7-5-9-22(17-20)38-26-19-27(30-29-28(26)31(42)24-11-3-4-12-25(24)32(29)45-39-30)41-15-13-40(14-16-41)23-10-6-8-21(18-23)34(35,36)37/h3-12,17-19,38H,2,13-16H2,1H3. The predicted molar refractivity (Wildman–Crippen MR) is 164 cm³/mol. The Morgan fingerprint density at radius 2 is 1.67 bits per heavy atom. The maximum Gasteiger partial charge on any atom is 0.416 e. The molecule has 228 valence electrons. The molecule has 5 aromatic rings. The zero-order valence-corrected chi connectivity index (χ0v) is 24.1. The Balaban J connectivity index is 1.28. The first-order valence-electron chi connectivity index (χ1n) is 14.5. The van der Waals surface area contributed by atoms with Crippen LogP contribution in [0.1, 0.15) is 38.8 Å². The van der Waals surface area contributed by atoms with Crippen molar-refractivity contribution in [2.24, 2.45) is 0 Å². The number of ketones is 1. The van der Waals surface area contributed by atoms with E-state index in [1.807, 2.05) is 23.1 Å². The fraction of sp³-hybridized carbons (Fsp3) is 0.206. The van der Waals surface area contributed by atoms with Gasteiger partial charge in [-0.25, -0.2) is 4.79 Å². The van der Waals surface area contributed by atoms with Crippen LogP contribution in [-0.2, 0) is 10.9 Å². The Bertz CT molecular complexity index is 1960. The molecule has 0 unspecified atom stereocenters. The number of carbonyl (C=O) groups is 2. The van der Waals surface area contributed by atoms with Crippen molar-refractivity contribution in [3.8, 4) is 11.3 Å². The van der Waals surface area contributed by atoms with Crippen molar-refractivity contribution < 1.29 is 32.0 Å². The van der Waals surface area contributed by atoms with Crippen LogP contribution in [0.4, 0.5) is 35.9 Å². The van der Waals surface area contributed by atoms with E-state index in [2.05, 4.69) is 15.4 Å². The molecule has 0 saturated carbocycles. The minimum absolute atomic E-state index is 0.184. The van der Waals surface area contributed by atoms with Gasteiger partial charge in [0.2, 0.25) is 0 Å². The molecule has 1 fully saturated rings. The van der Waals surface area contributed by atoms with Gasteiger partial charge in [0.1, 0.15) is 5.52 Å². The molecule has 45 heavy (non-hydrogen) atoms. The number of rotatable bonds is 6. The molecular formula is C34H27F3N4O4. The predicted octanol–water partition coefficient (Wildman–Crippen LogP) is 7.30. The first kappa shape index (κ1) is 28.5. The van der Waals surface area contributed by atoms with Crippen molar-refractivity contribution in [1.29, 1.82) is 0 Å². The van der Waals surface area contributed by atoms with Gasteiger partial charge >= 0.3 is 12.1 Å². The number of alkyl halides is 3. The SMILES string of the molecule is CCOC(=O)c1cccc(Nc2cc(N3CCN(c4cccc(C(F)(F)F)c4)CC3)c3noc4c3c2C(=O)c2ccccc2-4)c1. The van der Waals surface area contributed by atoms with Gasteiger partial charge in [0.15, 0.2) is 11.5 Å². The number of benzene rings is 4. The van der Waals surface area contributed by atoms with Gasteiger partial charge in [-0.1, -0.05) is 41.6 Å². The summed E-state index contributed by atoms with van der Waals surface area (Å²) < 4.78 is 51.1. The zero-order chi connectivity index (χ0) is 31.3. The second-order valence-electron chi connectivity index (χ2n) is 10.9. The van der Waals surface area contributed by atoms with Gasteiger partial charge in [-0.05, 0) is 49.4 Å². The fourth-order valence-electron chi connectivity index (χ4n) is 6.06. The number of esters is 1. The summed E-state index contributed by atoms with van der Waals surface area (Å²) in [6.45, 7) is 3.92. The highest BCUT2D eigenvalue weighted by Gasteiger charge is 2.35. The summed E-state index contributed by atoms with van der Waals surface area (Å²) in [6, 6.07) is 21.3. The minimum Gasteiger partial charge on any atom is -0.462 e. The van der Waals surface area contributed by atoms with Crippen LogP contribution >= 0.6 is 0 Å². The molecule has 0 atom stereocenters. The van der Waals surface area contributed by atoms with E-state index in [0.717, 1.165) is 11.8 Å². The van der Waals surface area contributed by atoms with Crippen LogP contribution in [0.25, 0.3) is 22.2 Å². The van der Waals surface area contributed by atoms with Crippen LogP contribution in [0.15, 0.2) is 83.4 Å². The summed E-state index contributed by atoms with van der Waals surface area (Å²) >= 11 is 0. The monoisotopic (exact) mass is 612 g/mol. The Hall–Kier alpha value is -5.32. The van der Waals surface area contributed by atoms with Crippen molar-refractivity contribution in [1.82, 2.24) is 5.16 Å². The molecule has 0 amide bonds. The Morgan fingerprint density at radius 1 is 0.933 bits per heavy atom. The number of carbonyl (C=O) groups excluding carboxylic acids is 2. The number of hydrogen-bond donors (Lipinski definition) is 1. The maximum absolute atomic E-state index is 14.0. The summed E-state index contributed by atoms with van der Waals surface area (Å²) in [6.07, 6.45) is -4.42. The molecule has 1 aliphatic carbocycles. The van der Waals surface area contributed by atoms with E-state index >= 15 is 0 Å². The van der Waals surface area contributed by atoms with Crippen LogP contribution in [0.5, 0.6) is 0 Å². The Morgan fingerprint density at radius 3 is 2.42 bits per heavy atom. The van der Waals surface area contributed by atoms with Crippen LogP contribution < -0.4 is 15.1 Å². The largest absolute Gasteiger partial charge is 0.462 e. The second kappa shape index (κ2) is 11.0. The summed E-state index contributed by atoms with van der Waals surface area (Å²) in [5.41, 5.74) is 4.10. The third-order valence-electron chi connectivity index (χ3n) is 8.19. The first-order chi connectivity index (χ1) is 21.7. The third-order valence-corrected chi connectivity index (χ3v) is 8.19. The number of nitrogens with one attached hydrogen (secondary N) is 1. The average molecular weight is 613 g/mol. The number of ether oxygens (including phenoxy) is 1. The van der Waals surface area contributed by atoms with Gasteiger partial charge in [0, 0.05) is 48.7 Å². The maximum atomic E-state index is 14.0. The molecule has 2 heterocycles. The van der Waals surface area contributed by atoms with E-state index in [0.29, 0.717) is 82.2 Å². The average Bonchev–Trinajstić information content (AvgIpc) is 3.49. The van der Waals surface area contributed by atoms with Crippen molar-refractivity contribution in [2.45, 2.75) is 13.1 Å². The van der Waals surface area contributed by atoms with E-state index in [1.165, 1.54) is 12.1 Å². The first-order valence-corrected chi connectivity index (χ1v) is 14.5. The lowest BCUT2D eigenvalue weighted by atomic mass is 9.86. The normalized spacial score (nSPS) is 14.4. The molecule has 4 aromatic carbocycles. The van der Waals surface area contributed by atoms with Crippen LogP contribution in [0.2, 0.25) is 0 Å². The summed E-state index contributed by atoms with van der Waals surface area (Å²) in [4.78, 5) is 30.4. The second-order valence-corrected chi connectivity index (χ2v) is 10.9. The highest BCUT2D eigenvalue weighted by atomic mass is 19.4. The Labute approximate surface area is 256 Å². The highest BCUT2D eigenvalue weighted by molar-refractivity contribution is 6.28. The topological polar surface area (TPSA) is 87.9 Å². The van der Waals surface area contributed by atoms with Crippen molar-refractivity contribution in [2.75, 3.05) is 47.9 Å². The molecule has 0 bridgehead atoms. The molecule has 7 rings (SSSR count). The molecule has 0 spiro atoms. The molecule has 11 heteroatoms. The lowest BCUT2D eigenvalue weighted by Gasteiger charge is -2.38. The van der Waals surface area contributed by atoms with Gasteiger partial charge in [-0.2, -0.15) is 13.2 Å². The number of anilines is 4. The van der Waals surface area contributed by atoms with Crippen molar-refractivity contribution in [3.63, 3.8) is 0 Å². The van der Waals surface area contributed by atoms with Crippen molar-refractivity contribution in [3.05, 3.63) is 101 Å². The minimum atomic E-state index is -4.42. The van der Waals surface area contributed by atoms with E-state index < -0.39 is 17.7 Å². The summed E-state index contributed by atoms with van der Waals surface area (Å²) in [5.74, 6) is -0.150. The number of halogens is 3. The lowest BCUT2D eigenvalue weighted by Crippen LogP contribution is -2.46. The number of aromatic nitrogens is 1. The van der Waals surface area contributed by atoms with Gasteiger partial charge < -0.3 is 24.4 Å².